The number of aromatic nitrogens is 2. The number of hydrogen-bond acceptors (Lipinski definition) is 6. The van der Waals surface area contributed by atoms with Gasteiger partial charge in [-0.1, -0.05) is 52.0 Å². The first-order valence-electron chi connectivity index (χ1n) is 14.4. The maximum atomic E-state index is 14.2. The molecule has 1 aliphatic heterocycles. The van der Waals surface area contributed by atoms with Gasteiger partial charge in [0.1, 0.15) is 6.61 Å². The van der Waals surface area contributed by atoms with Gasteiger partial charge in [-0.2, -0.15) is 4.98 Å². The molecule has 4 bridgehead atoms. The van der Waals surface area contributed by atoms with Crippen LogP contribution in [0.1, 0.15) is 74.9 Å². The first-order valence-corrected chi connectivity index (χ1v) is 15.9. The van der Waals surface area contributed by atoms with Crippen LogP contribution in [-0.4, -0.2) is 47.9 Å². The predicted octanol–water partition coefficient (Wildman–Crippen LogP) is 6.39. The van der Waals surface area contributed by atoms with Gasteiger partial charge in [-0.05, 0) is 80.2 Å². The Hall–Kier alpha value is -3.46. The molecular formula is C32H40N4O4S. The monoisotopic (exact) mass is 576 g/mol. The van der Waals surface area contributed by atoms with Crippen molar-refractivity contribution < 1.29 is 17.9 Å². The highest BCUT2D eigenvalue weighted by Crippen LogP contribution is 2.41. The van der Waals surface area contributed by atoms with Crippen LogP contribution in [0.2, 0.25) is 0 Å². The van der Waals surface area contributed by atoms with Crippen LogP contribution in [0.25, 0.3) is 11.3 Å². The number of sulfonamides is 1. The van der Waals surface area contributed by atoms with Crippen molar-refractivity contribution in [3.63, 3.8) is 0 Å². The number of ether oxygens (including phenoxy) is 1. The Kier molecular flexibility index (Phi) is 7.85. The summed E-state index contributed by atoms with van der Waals surface area (Å²) in [5.41, 5.74) is 3.94. The van der Waals surface area contributed by atoms with E-state index in [1.54, 1.807) is 18.2 Å². The van der Waals surface area contributed by atoms with Crippen molar-refractivity contribution in [2.24, 2.45) is 11.3 Å². The topological polar surface area (TPSA) is 101 Å². The van der Waals surface area contributed by atoms with Gasteiger partial charge >= 0.3 is 0 Å². The van der Waals surface area contributed by atoms with E-state index in [4.69, 9.17) is 4.74 Å². The summed E-state index contributed by atoms with van der Waals surface area (Å²) in [6, 6.07) is 13.8. The maximum absolute atomic E-state index is 14.2. The molecule has 2 aliphatic rings. The second-order valence-corrected chi connectivity index (χ2v) is 14.4. The van der Waals surface area contributed by atoms with E-state index in [9.17, 15) is 13.2 Å². The van der Waals surface area contributed by atoms with E-state index in [-0.39, 0.29) is 46.7 Å². The highest BCUT2D eigenvalue weighted by molar-refractivity contribution is 7.92. The summed E-state index contributed by atoms with van der Waals surface area (Å²) in [5.74, 6) is 0.316. The molecule has 218 valence electrons. The summed E-state index contributed by atoms with van der Waals surface area (Å²) >= 11 is 0. The fourth-order valence-corrected chi connectivity index (χ4v) is 7.26. The summed E-state index contributed by atoms with van der Waals surface area (Å²) in [5, 5.41) is 0. The number of carbonyl (C=O) groups is 1. The standard InChI is InChI=1S/C32H40N4O4S/c1-20(2)15-25-19-40-28-17-27(29-21(3)9-7-10-22(29)4)33-31(34-28)35-41(38,39)26-12-8-11-23(16-26)30(37)36(25)24-13-14-32(5,6)18-24/h7-12,16-17,20,24-25H,13-15,18-19H2,1-6H3,(H,33,34,35)/t24?,25-/m1/s1. The van der Waals surface area contributed by atoms with Crippen LogP contribution in [0, 0.1) is 25.2 Å². The lowest BCUT2D eigenvalue weighted by Crippen LogP contribution is -2.49. The summed E-state index contributed by atoms with van der Waals surface area (Å²) in [6.07, 6.45) is 3.52. The van der Waals surface area contributed by atoms with Crippen molar-refractivity contribution in [1.82, 2.24) is 14.9 Å². The molecule has 9 heteroatoms. The zero-order valence-corrected chi connectivity index (χ0v) is 25.6. The second kappa shape index (κ2) is 11.1. The number of aryl methyl sites for hydroxylation is 2. The van der Waals surface area contributed by atoms with Crippen molar-refractivity contribution in [2.75, 3.05) is 11.3 Å². The molecule has 1 saturated carbocycles. The van der Waals surface area contributed by atoms with Crippen LogP contribution in [0.15, 0.2) is 53.4 Å². The van der Waals surface area contributed by atoms with Crippen molar-refractivity contribution >= 4 is 21.9 Å². The highest BCUT2D eigenvalue weighted by Gasteiger charge is 2.40. The molecule has 1 unspecified atom stereocenters. The quantitative estimate of drug-likeness (QED) is 0.386. The van der Waals surface area contributed by atoms with Gasteiger partial charge in [0, 0.05) is 23.2 Å². The second-order valence-electron chi connectivity index (χ2n) is 12.7. The molecule has 2 heterocycles. The normalized spacial score (nSPS) is 21.8. The van der Waals surface area contributed by atoms with Crippen molar-refractivity contribution in [3.05, 3.63) is 65.2 Å². The maximum Gasteiger partial charge on any atom is 0.264 e. The molecule has 8 nitrogen and oxygen atoms in total. The first-order chi connectivity index (χ1) is 19.3. The Morgan fingerprint density at radius 1 is 1.07 bits per heavy atom. The third-order valence-electron chi connectivity index (χ3n) is 8.19. The van der Waals surface area contributed by atoms with E-state index in [1.807, 2.05) is 36.9 Å². The van der Waals surface area contributed by atoms with E-state index < -0.39 is 10.0 Å². The lowest BCUT2D eigenvalue weighted by Gasteiger charge is -2.38. The van der Waals surface area contributed by atoms with Gasteiger partial charge in [-0.3, -0.25) is 4.79 Å². The minimum Gasteiger partial charge on any atom is -0.475 e. The Labute approximate surface area is 243 Å². The minimum absolute atomic E-state index is 0.0155. The molecule has 5 rings (SSSR count). The van der Waals surface area contributed by atoms with Crippen LogP contribution < -0.4 is 9.46 Å². The number of anilines is 1. The average molecular weight is 577 g/mol. The average Bonchev–Trinajstić information content (AvgIpc) is 3.25. The number of carbonyl (C=O) groups excluding carboxylic acids is 1. The van der Waals surface area contributed by atoms with Crippen LogP contribution in [0.5, 0.6) is 5.88 Å². The Bertz CT molecular complexity index is 1550. The molecule has 2 aromatic carbocycles. The molecule has 1 N–H and O–H groups in total. The van der Waals surface area contributed by atoms with Crippen molar-refractivity contribution in [2.45, 2.75) is 84.2 Å². The molecule has 1 fully saturated rings. The minimum atomic E-state index is -4.09. The van der Waals surface area contributed by atoms with Gasteiger partial charge in [0.25, 0.3) is 15.9 Å². The Balaban J connectivity index is 1.67. The summed E-state index contributed by atoms with van der Waals surface area (Å²) in [4.78, 5) is 25.3. The van der Waals surface area contributed by atoms with E-state index in [1.165, 1.54) is 12.1 Å². The largest absolute Gasteiger partial charge is 0.475 e. The third-order valence-corrected chi connectivity index (χ3v) is 9.51. The van der Waals surface area contributed by atoms with Crippen molar-refractivity contribution in [3.8, 4) is 17.1 Å². The number of hydrogen-bond donors (Lipinski definition) is 1. The third kappa shape index (κ3) is 6.25. The van der Waals surface area contributed by atoms with Crippen LogP contribution in [-0.2, 0) is 10.0 Å². The molecule has 0 radical (unpaired) electrons. The molecule has 1 amide bonds. The molecular weight excluding hydrogens is 536 g/mol. The zero-order valence-electron chi connectivity index (χ0n) is 24.8. The zero-order chi connectivity index (χ0) is 29.5. The Morgan fingerprint density at radius 3 is 2.44 bits per heavy atom. The van der Waals surface area contributed by atoms with Gasteiger partial charge in [-0.15, -0.1) is 0 Å². The van der Waals surface area contributed by atoms with Gasteiger partial charge in [0.15, 0.2) is 0 Å². The highest BCUT2D eigenvalue weighted by atomic mass is 32.2. The molecule has 0 spiro atoms. The van der Waals surface area contributed by atoms with Gasteiger partial charge in [0.05, 0.1) is 16.6 Å². The van der Waals surface area contributed by atoms with Gasteiger partial charge in [0.2, 0.25) is 11.8 Å². The number of nitrogens with zero attached hydrogens (tertiary/aromatic N) is 3. The van der Waals surface area contributed by atoms with Crippen molar-refractivity contribution in [1.29, 1.82) is 0 Å². The van der Waals surface area contributed by atoms with E-state index in [2.05, 4.69) is 42.4 Å². The summed E-state index contributed by atoms with van der Waals surface area (Å²) < 4.78 is 36.0. The molecule has 41 heavy (non-hydrogen) atoms. The number of amides is 1. The fourth-order valence-electron chi connectivity index (χ4n) is 6.27. The lowest BCUT2D eigenvalue weighted by atomic mass is 9.91. The van der Waals surface area contributed by atoms with Crippen LogP contribution in [0.3, 0.4) is 0 Å². The first kappa shape index (κ1) is 29.0. The lowest BCUT2D eigenvalue weighted by molar-refractivity contribution is 0.0432. The SMILES string of the molecule is Cc1cccc(C)c1-c1cc2nc(n1)NS(=O)(=O)c1cccc(c1)C(=O)N(C1CCC(C)(C)C1)[C@H](CC(C)C)CO2. The molecule has 1 aromatic heterocycles. The molecule has 1 aliphatic carbocycles. The number of fused-ring (bicyclic) bond motifs is 4. The smallest absolute Gasteiger partial charge is 0.264 e. The summed E-state index contributed by atoms with van der Waals surface area (Å²) in [6.45, 7) is 13.0. The van der Waals surface area contributed by atoms with E-state index >= 15 is 0 Å². The van der Waals surface area contributed by atoms with Gasteiger partial charge in [-0.25, -0.2) is 18.1 Å². The predicted molar refractivity (Wildman–Crippen MR) is 161 cm³/mol. The van der Waals surface area contributed by atoms with Crippen LogP contribution in [0.4, 0.5) is 5.95 Å². The van der Waals surface area contributed by atoms with E-state index in [0.29, 0.717) is 17.2 Å². The molecule has 3 aromatic rings. The number of benzene rings is 2. The number of rotatable bonds is 4. The summed E-state index contributed by atoms with van der Waals surface area (Å²) in [7, 11) is -4.09. The van der Waals surface area contributed by atoms with Gasteiger partial charge < -0.3 is 9.64 Å². The Morgan fingerprint density at radius 2 is 1.78 bits per heavy atom. The molecule has 2 atom stereocenters. The van der Waals surface area contributed by atoms with E-state index in [0.717, 1.165) is 42.4 Å². The fraction of sp³-hybridized carbons (Fsp3) is 0.469. The number of nitrogens with one attached hydrogen (secondary N) is 1. The van der Waals surface area contributed by atoms with Crippen LogP contribution >= 0.6 is 0 Å². The molecule has 0 saturated heterocycles.